The molecular weight excluding hydrogens is 318 g/mol. The molecule has 0 unspecified atom stereocenters. The van der Waals surface area contributed by atoms with Gasteiger partial charge in [-0.1, -0.05) is 0 Å². The van der Waals surface area contributed by atoms with Crippen molar-refractivity contribution in [1.29, 1.82) is 5.26 Å². The molecule has 0 fully saturated rings. The Balaban J connectivity index is 1.81. The van der Waals surface area contributed by atoms with Crippen molar-refractivity contribution in [2.75, 3.05) is 18.7 Å². The Morgan fingerprint density at radius 3 is 2.92 bits per heavy atom. The van der Waals surface area contributed by atoms with E-state index in [4.69, 9.17) is 14.2 Å². The molecule has 2 heterocycles. The molecule has 0 saturated carbocycles. The van der Waals surface area contributed by atoms with E-state index < -0.39 is 0 Å². The van der Waals surface area contributed by atoms with Crippen LogP contribution in [0.4, 0.5) is 11.4 Å². The van der Waals surface area contributed by atoms with Gasteiger partial charge in [-0.2, -0.15) is 5.26 Å². The number of nitrogens with zero attached hydrogens (tertiary/aromatic N) is 2. The van der Waals surface area contributed by atoms with Gasteiger partial charge in [-0.05, 0) is 37.3 Å². The fourth-order valence-corrected chi connectivity index (χ4v) is 2.77. The van der Waals surface area contributed by atoms with Crippen LogP contribution in [0.25, 0.3) is 10.9 Å². The highest BCUT2D eigenvalue weighted by Crippen LogP contribution is 2.37. The zero-order valence-electron chi connectivity index (χ0n) is 13.6. The number of rotatable bonds is 4. The van der Waals surface area contributed by atoms with E-state index >= 15 is 0 Å². The molecule has 0 amide bonds. The lowest BCUT2D eigenvalue weighted by atomic mass is 10.1. The molecule has 25 heavy (non-hydrogen) atoms. The number of fused-ring (bicyclic) bond motifs is 2. The molecule has 1 aliphatic heterocycles. The molecule has 1 aromatic heterocycles. The lowest BCUT2D eigenvalue weighted by Crippen LogP contribution is -1.98. The molecule has 0 atom stereocenters. The first kappa shape index (κ1) is 15.1. The first-order chi connectivity index (χ1) is 12.3. The van der Waals surface area contributed by atoms with Gasteiger partial charge in [0.2, 0.25) is 6.79 Å². The fraction of sp³-hybridized carbons (Fsp3) is 0.158. The summed E-state index contributed by atoms with van der Waals surface area (Å²) in [6.45, 7) is 2.72. The van der Waals surface area contributed by atoms with Crippen molar-refractivity contribution in [2.45, 2.75) is 6.92 Å². The summed E-state index contributed by atoms with van der Waals surface area (Å²) in [5, 5.41) is 13.6. The SMILES string of the molecule is CCOc1ccc2ncc(C#N)c(Nc3ccc4c(c3)OCO4)c2c1. The summed E-state index contributed by atoms with van der Waals surface area (Å²) in [5.41, 5.74) is 2.73. The number of pyridine rings is 1. The van der Waals surface area contributed by atoms with E-state index in [2.05, 4.69) is 16.4 Å². The third kappa shape index (κ3) is 2.76. The standard InChI is InChI=1S/C19H15N3O3/c1-2-23-14-4-5-16-15(8-14)19(12(9-20)10-21-16)22-13-3-6-17-18(7-13)25-11-24-17/h3-8,10H,2,11H2,1H3,(H,21,22). The molecule has 0 aliphatic carbocycles. The normalized spacial score (nSPS) is 12.0. The minimum atomic E-state index is 0.220. The molecule has 1 aliphatic rings. The first-order valence-corrected chi connectivity index (χ1v) is 7.91. The Labute approximate surface area is 144 Å². The van der Waals surface area contributed by atoms with Gasteiger partial charge < -0.3 is 19.5 Å². The summed E-state index contributed by atoms with van der Waals surface area (Å²) in [6, 6.07) is 13.4. The Hall–Kier alpha value is -3.46. The predicted molar refractivity (Wildman–Crippen MR) is 93.5 cm³/mol. The highest BCUT2D eigenvalue weighted by Gasteiger charge is 2.15. The van der Waals surface area contributed by atoms with E-state index in [1.165, 1.54) is 0 Å². The lowest BCUT2D eigenvalue weighted by Gasteiger charge is -2.13. The monoisotopic (exact) mass is 333 g/mol. The largest absolute Gasteiger partial charge is 0.494 e. The van der Waals surface area contributed by atoms with Crippen molar-refractivity contribution >= 4 is 22.3 Å². The van der Waals surface area contributed by atoms with Gasteiger partial charge in [0, 0.05) is 23.3 Å². The smallest absolute Gasteiger partial charge is 0.231 e. The number of benzene rings is 2. The Morgan fingerprint density at radius 2 is 2.08 bits per heavy atom. The van der Waals surface area contributed by atoms with Gasteiger partial charge in [0.1, 0.15) is 11.8 Å². The maximum atomic E-state index is 9.48. The van der Waals surface area contributed by atoms with E-state index in [-0.39, 0.29) is 6.79 Å². The van der Waals surface area contributed by atoms with Gasteiger partial charge in [0.25, 0.3) is 0 Å². The zero-order chi connectivity index (χ0) is 17.2. The number of ether oxygens (including phenoxy) is 3. The number of nitriles is 1. The summed E-state index contributed by atoms with van der Waals surface area (Å²) < 4.78 is 16.3. The minimum Gasteiger partial charge on any atom is -0.494 e. The quantitative estimate of drug-likeness (QED) is 0.778. The highest BCUT2D eigenvalue weighted by molar-refractivity contribution is 5.96. The molecule has 6 heteroatoms. The second-order valence-electron chi connectivity index (χ2n) is 5.46. The van der Waals surface area contributed by atoms with Crippen LogP contribution < -0.4 is 19.5 Å². The molecule has 3 aromatic rings. The highest BCUT2D eigenvalue weighted by atomic mass is 16.7. The van der Waals surface area contributed by atoms with Gasteiger partial charge in [-0.3, -0.25) is 4.98 Å². The second kappa shape index (κ2) is 6.21. The zero-order valence-corrected chi connectivity index (χ0v) is 13.6. The van der Waals surface area contributed by atoms with Crippen molar-refractivity contribution in [3.8, 4) is 23.3 Å². The van der Waals surface area contributed by atoms with Crippen LogP contribution in [0.15, 0.2) is 42.6 Å². The number of aromatic nitrogens is 1. The molecule has 1 N–H and O–H groups in total. The molecule has 0 spiro atoms. The number of nitrogens with one attached hydrogen (secondary N) is 1. The Bertz CT molecular complexity index is 995. The minimum absolute atomic E-state index is 0.220. The third-order valence-electron chi connectivity index (χ3n) is 3.91. The molecule has 124 valence electrons. The summed E-state index contributed by atoms with van der Waals surface area (Å²) >= 11 is 0. The lowest BCUT2D eigenvalue weighted by molar-refractivity contribution is 0.174. The van der Waals surface area contributed by atoms with E-state index in [9.17, 15) is 5.26 Å². The second-order valence-corrected chi connectivity index (χ2v) is 5.46. The van der Waals surface area contributed by atoms with Gasteiger partial charge in [0.05, 0.1) is 23.4 Å². The van der Waals surface area contributed by atoms with Crippen molar-refractivity contribution < 1.29 is 14.2 Å². The van der Waals surface area contributed by atoms with Gasteiger partial charge >= 0.3 is 0 Å². The summed E-state index contributed by atoms with van der Waals surface area (Å²) in [5.74, 6) is 2.13. The van der Waals surface area contributed by atoms with E-state index in [0.29, 0.717) is 29.4 Å². The van der Waals surface area contributed by atoms with Crippen molar-refractivity contribution in [2.24, 2.45) is 0 Å². The average Bonchev–Trinajstić information content (AvgIpc) is 3.10. The van der Waals surface area contributed by atoms with E-state index in [0.717, 1.165) is 22.3 Å². The van der Waals surface area contributed by atoms with Gasteiger partial charge in [-0.15, -0.1) is 0 Å². The molecule has 4 rings (SSSR count). The first-order valence-electron chi connectivity index (χ1n) is 7.91. The van der Waals surface area contributed by atoms with Crippen LogP contribution >= 0.6 is 0 Å². The average molecular weight is 333 g/mol. The topological polar surface area (TPSA) is 76.4 Å². The van der Waals surface area contributed by atoms with Crippen LogP contribution in [-0.2, 0) is 0 Å². The van der Waals surface area contributed by atoms with Gasteiger partial charge in [0.15, 0.2) is 11.5 Å². The predicted octanol–water partition coefficient (Wildman–Crippen LogP) is 3.98. The fourth-order valence-electron chi connectivity index (χ4n) is 2.77. The molecule has 0 radical (unpaired) electrons. The Morgan fingerprint density at radius 1 is 1.20 bits per heavy atom. The maximum Gasteiger partial charge on any atom is 0.231 e. The van der Waals surface area contributed by atoms with Crippen LogP contribution in [-0.4, -0.2) is 18.4 Å². The molecule has 0 saturated heterocycles. The van der Waals surface area contributed by atoms with Crippen molar-refractivity contribution in [1.82, 2.24) is 4.98 Å². The summed E-state index contributed by atoms with van der Waals surface area (Å²) in [7, 11) is 0. The number of hydrogen-bond donors (Lipinski definition) is 1. The summed E-state index contributed by atoms with van der Waals surface area (Å²) in [4.78, 5) is 4.35. The van der Waals surface area contributed by atoms with Crippen molar-refractivity contribution in [3.05, 3.63) is 48.2 Å². The number of anilines is 2. The third-order valence-corrected chi connectivity index (χ3v) is 3.91. The van der Waals surface area contributed by atoms with Crippen LogP contribution in [0.1, 0.15) is 12.5 Å². The van der Waals surface area contributed by atoms with Crippen LogP contribution in [0.3, 0.4) is 0 Å². The van der Waals surface area contributed by atoms with Crippen molar-refractivity contribution in [3.63, 3.8) is 0 Å². The molecule has 0 bridgehead atoms. The van der Waals surface area contributed by atoms with Crippen LogP contribution in [0.2, 0.25) is 0 Å². The summed E-state index contributed by atoms with van der Waals surface area (Å²) in [6.07, 6.45) is 1.57. The molecule has 2 aromatic carbocycles. The Kier molecular flexibility index (Phi) is 3.75. The van der Waals surface area contributed by atoms with E-state index in [1.807, 2.05) is 43.3 Å². The van der Waals surface area contributed by atoms with Crippen LogP contribution in [0, 0.1) is 11.3 Å². The number of hydrogen-bond acceptors (Lipinski definition) is 6. The van der Waals surface area contributed by atoms with Crippen LogP contribution in [0.5, 0.6) is 17.2 Å². The van der Waals surface area contributed by atoms with Gasteiger partial charge in [-0.25, -0.2) is 0 Å². The van der Waals surface area contributed by atoms with E-state index in [1.54, 1.807) is 6.20 Å². The maximum absolute atomic E-state index is 9.48. The molecule has 6 nitrogen and oxygen atoms in total. The molecular formula is C19H15N3O3.